The van der Waals surface area contributed by atoms with Crippen LogP contribution in [0.2, 0.25) is 0 Å². The van der Waals surface area contributed by atoms with E-state index in [1.54, 1.807) is 17.0 Å². The van der Waals surface area contributed by atoms with Gasteiger partial charge in [0.2, 0.25) is 0 Å². The number of benzene rings is 1. The Bertz CT molecular complexity index is 1090. The number of rotatable bonds is 4. The average molecular weight is 416 g/mol. The lowest BCUT2D eigenvalue weighted by Crippen LogP contribution is -2.42. The van der Waals surface area contributed by atoms with Crippen LogP contribution in [0.25, 0.3) is 11.8 Å². The van der Waals surface area contributed by atoms with Gasteiger partial charge in [-0.2, -0.15) is 5.11 Å². The maximum atomic E-state index is 13.0. The molecule has 29 heavy (non-hydrogen) atoms. The van der Waals surface area contributed by atoms with Gasteiger partial charge in [-0.1, -0.05) is 17.7 Å². The second-order valence-electron chi connectivity index (χ2n) is 6.21. The quantitative estimate of drug-likeness (QED) is 0.574. The van der Waals surface area contributed by atoms with Gasteiger partial charge in [0, 0.05) is 19.2 Å². The van der Waals surface area contributed by atoms with Gasteiger partial charge in [0.05, 0.1) is 26.0 Å². The van der Waals surface area contributed by atoms with Gasteiger partial charge >= 0.3 is 5.97 Å². The van der Waals surface area contributed by atoms with Crippen molar-refractivity contribution in [2.75, 3.05) is 33.4 Å². The fraction of sp³-hybridized carbons (Fsp3) is 0.316. The topological polar surface area (TPSA) is 113 Å². The molecule has 1 aromatic carbocycles. The van der Waals surface area contributed by atoms with Gasteiger partial charge in [-0.25, -0.2) is 4.79 Å². The van der Waals surface area contributed by atoms with Crippen molar-refractivity contribution in [2.24, 2.45) is 10.2 Å². The van der Waals surface area contributed by atoms with Gasteiger partial charge in [0.15, 0.2) is 5.70 Å². The summed E-state index contributed by atoms with van der Waals surface area (Å²) in [6.07, 6.45) is 1.07. The summed E-state index contributed by atoms with van der Waals surface area (Å²) < 4.78 is 10.2. The van der Waals surface area contributed by atoms with Crippen LogP contribution in [0, 0.1) is 6.92 Å². The lowest BCUT2D eigenvalue weighted by atomic mass is 10.2. The zero-order valence-corrected chi connectivity index (χ0v) is 16.8. The molecule has 10 heteroatoms. The number of nitrogens with one attached hydrogen (secondary N) is 1. The van der Waals surface area contributed by atoms with Gasteiger partial charge < -0.3 is 19.4 Å². The third kappa shape index (κ3) is 5.24. The predicted molar refractivity (Wildman–Crippen MR) is 107 cm³/mol. The molecule has 0 atom stereocenters. The van der Waals surface area contributed by atoms with E-state index in [1.165, 1.54) is 7.11 Å². The second-order valence-corrected chi connectivity index (χ2v) is 7.26. The maximum absolute atomic E-state index is 13.0. The summed E-state index contributed by atoms with van der Waals surface area (Å²) in [6, 6.07) is 7.33. The monoisotopic (exact) mass is 416 g/mol. The molecule has 3 rings (SSSR count). The molecule has 1 amide bonds. The van der Waals surface area contributed by atoms with Crippen LogP contribution in [0.3, 0.4) is 0 Å². The molecule has 0 unspecified atom stereocenters. The summed E-state index contributed by atoms with van der Waals surface area (Å²) in [5.41, 5.74) is 1.14. The molecule has 0 spiro atoms. The molecule has 2 heterocycles. The molecule has 0 aliphatic carbocycles. The van der Waals surface area contributed by atoms with E-state index in [0.29, 0.717) is 32.0 Å². The Hall–Kier alpha value is -3.11. The molecule has 1 aliphatic rings. The summed E-state index contributed by atoms with van der Waals surface area (Å²) >= 11 is 0.947. The lowest BCUT2D eigenvalue weighted by molar-refractivity contribution is -0.133. The first-order valence-electron chi connectivity index (χ1n) is 8.86. The van der Waals surface area contributed by atoms with E-state index in [9.17, 15) is 14.4 Å². The van der Waals surface area contributed by atoms with Crippen molar-refractivity contribution >= 4 is 40.7 Å². The molecule has 1 saturated heterocycles. The van der Waals surface area contributed by atoms with Crippen molar-refractivity contribution in [1.29, 1.82) is 0 Å². The van der Waals surface area contributed by atoms with Gasteiger partial charge in [0.1, 0.15) is 9.20 Å². The number of aromatic amines is 1. The van der Waals surface area contributed by atoms with E-state index in [1.807, 2.05) is 19.1 Å². The van der Waals surface area contributed by atoms with Crippen molar-refractivity contribution in [1.82, 2.24) is 9.88 Å². The molecule has 1 aliphatic heterocycles. The van der Waals surface area contributed by atoms with Gasteiger partial charge in [0.25, 0.3) is 11.5 Å². The lowest BCUT2D eigenvalue weighted by Gasteiger charge is -2.26. The fourth-order valence-corrected chi connectivity index (χ4v) is 3.42. The van der Waals surface area contributed by atoms with E-state index in [-0.39, 0.29) is 20.8 Å². The standard InChI is InChI=1S/C19H20N4O5S/c1-12-3-5-13(6-4-12)21-22-16(19(26)23-7-9-28-10-8-23)18-20-17(25)14(29-18)11-15(24)27-2/h3-6,11H,7-10H2,1-2H3,(H,20,25)/b14-11-,18-16+,22-21?. The Morgan fingerprint density at radius 3 is 2.59 bits per heavy atom. The number of azo groups is 1. The number of hydrogen-bond acceptors (Lipinski definition) is 8. The number of amides is 1. The molecule has 1 aromatic heterocycles. The minimum atomic E-state index is -0.661. The van der Waals surface area contributed by atoms with E-state index in [0.717, 1.165) is 23.0 Å². The minimum absolute atomic E-state index is 0.000842. The number of thiazole rings is 1. The Balaban J connectivity index is 2.08. The van der Waals surface area contributed by atoms with Crippen molar-refractivity contribution in [2.45, 2.75) is 6.92 Å². The first kappa shape index (κ1) is 20.6. The normalized spacial score (nSPS) is 16.2. The molecule has 0 radical (unpaired) electrons. The molecule has 152 valence electrons. The van der Waals surface area contributed by atoms with Crippen molar-refractivity contribution in [3.8, 4) is 0 Å². The zero-order valence-electron chi connectivity index (χ0n) is 16.0. The van der Waals surface area contributed by atoms with Crippen molar-refractivity contribution < 1.29 is 19.1 Å². The summed E-state index contributed by atoms with van der Waals surface area (Å²) in [6.45, 7) is 3.64. The van der Waals surface area contributed by atoms with Crippen LogP contribution in [0.1, 0.15) is 5.56 Å². The third-order valence-electron chi connectivity index (χ3n) is 4.13. The minimum Gasteiger partial charge on any atom is -0.466 e. The van der Waals surface area contributed by atoms with E-state index in [2.05, 4.69) is 19.9 Å². The number of morpholine rings is 1. The molecule has 1 N–H and O–H groups in total. The molecular weight excluding hydrogens is 396 g/mol. The summed E-state index contributed by atoms with van der Waals surface area (Å²) in [7, 11) is 1.22. The highest BCUT2D eigenvalue weighted by Crippen LogP contribution is 2.16. The van der Waals surface area contributed by atoms with E-state index in [4.69, 9.17) is 4.74 Å². The summed E-state index contributed by atoms with van der Waals surface area (Å²) in [4.78, 5) is 40.9. The number of esters is 1. The fourth-order valence-electron chi connectivity index (χ4n) is 2.54. The first-order valence-corrected chi connectivity index (χ1v) is 9.68. The van der Waals surface area contributed by atoms with E-state index >= 15 is 0 Å². The van der Waals surface area contributed by atoms with Crippen LogP contribution in [0.5, 0.6) is 0 Å². The number of aromatic nitrogens is 1. The van der Waals surface area contributed by atoms with Gasteiger partial charge in [-0.15, -0.1) is 16.5 Å². The Kier molecular flexibility index (Phi) is 6.68. The predicted octanol–water partition coefficient (Wildman–Crippen LogP) is 0.449. The summed E-state index contributed by atoms with van der Waals surface area (Å²) in [5.74, 6) is -1.03. The largest absolute Gasteiger partial charge is 0.466 e. The highest BCUT2D eigenvalue weighted by Gasteiger charge is 2.22. The van der Waals surface area contributed by atoms with E-state index < -0.39 is 11.5 Å². The van der Waals surface area contributed by atoms with Crippen LogP contribution in [0.4, 0.5) is 5.69 Å². The number of aryl methyl sites for hydroxylation is 1. The van der Waals surface area contributed by atoms with Crippen molar-refractivity contribution in [3.05, 3.63) is 49.4 Å². The number of hydrogen-bond donors (Lipinski definition) is 1. The van der Waals surface area contributed by atoms with Crippen LogP contribution < -0.4 is 14.8 Å². The number of methoxy groups -OCH3 is 1. The average Bonchev–Trinajstić information content (AvgIpc) is 3.09. The number of H-pyrrole nitrogens is 1. The highest BCUT2D eigenvalue weighted by molar-refractivity contribution is 7.07. The maximum Gasteiger partial charge on any atom is 0.332 e. The first-order chi connectivity index (χ1) is 14.0. The van der Waals surface area contributed by atoms with Gasteiger partial charge in [-0.05, 0) is 19.1 Å². The smallest absolute Gasteiger partial charge is 0.332 e. The number of carbonyl (C=O) groups is 2. The second kappa shape index (κ2) is 9.39. The molecule has 0 saturated carbocycles. The zero-order chi connectivity index (χ0) is 20.8. The molecule has 2 aromatic rings. The number of carbonyl (C=O) groups excluding carboxylic acids is 2. The Morgan fingerprint density at radius 2 is 1.93 bits per heavy atom. The SMILES string of the molecule is COC(=O)/C=c1\s/c(=C(/N=Nc2ccc(C)cc2)C(=O)N2CCOCC2)[nH]c1=O. The summed E-state index contributed by atoms with van der Waals surface area (Å²) in [5, 5.41) is 8.29. The number of ether oxygens (including phenoxy) is 2. The van der Waals surface area contributed by atoms with Crippen LogP contribution >= 0.6 is 11.3 Å². The van der Waals surface area contributed by atoms with Crippen LogP contribution in [-0.2, 0) is 19.1 Å². The van der Waals surface area contributed by atoms with Gasteiger partial charge in [-0.3, -0.25) is 9.59 Å². The third-order valence-corrected chi connectivity index (χ3v) is 5.15. The van der Waals surface area contributed by atoms with Crippen LogP contribution in [0.15, 0.2) is 39.3 Å². The molecule has 1 fully saturated rings. The Labute approximate surface area is 170 Å². The van der Waals surface area contributed by atoms with Crippen LogP contribution in [-0.4, -0.2) is 55.2 Å². The molecule has 0 bridgehead atoms. The number of nitrogens with zero attached hydrogens (tertiary/aromatic N) is 3. The highest BCUT2D eigenvalue weighted by atomic mass is 32.1. The van der Waals surface area contributed by atoms with Crippen molar-refractivity contribution in [3.63, 3.8) is 0 Å². The molecule has 9 nitrogen and oxygen atoms in total. The molecular formula is C19H20N4O5S. The Morgan fingerprint density at radius 1 is 1.24 bits per heavy atom.